The number of imidazole rings is 1. The second-order valence-corrected chi connectivity index (χ2v) is 8.30. The van der Waals surface area contributed by atoms with E-state index in [1.165, 1.54) is 5.56 Å². The number of nitrogens with zero attached hydrogens (tertiary/aromatic N) is 4. The zero-order valence-electron chi connectivity index (χ0n) is 16.8. The summed E-state index contributed by atoms with van der Waals surface area (Å²) in [6, 6.07) is 6.18. The van der Waals surface area contributed by atoms with Crippen LogP contribution in [0, 0.1) is 6.92 Å². The molecular formula is C24H18N6S. The number of nitrogens with one attached hydrogen (secondary N) is 2. The summed E-state index contributed by atoms with van der Waals surface area (Å²) in [5.41, 5.74) is 9.06. The van der Waals surface area contributed by atoms with Crippen LogP contribution in [0.4, 0.5) is 0 Å². The predicted octanol–water partition coefficient (Wildman–Crippen LogP) is 5.32. The first-order valence-electron chi connectivity index (χ1n) is 10.0. The lowest BCUT2D eigenvalue weighted by Crippen LogP contribution is -1.90. The van der Waals surface area contributed by atoms with Crippen LogP contribution in [0.2, 0.25) is 0 Å². The third-order valence-electron chi connectivity index (χ3n) is 5.57. The first kappa shape index (κ1) is 18.0. The van der Waals surface area contributed by atoms with Crippen molar-refractivity contribution in [3.05, 3.63) is 88.3 Å². The van der Waals surface area contributed by atoms with Gasteiger partial charge in [0, 0.05) is 41.0 Å². The molecule has 0 amide bonds. The average molecular weight is 423 g/mol. The summed E-state index contributed by atoms with van der Waals surface area (Å²) >= 11 is 1.69. The maximum atomic E-state index is 4.99. The molecule has 150 valence electrons. The summed E-state index contributed by atoms with van der Waals surface area (Å²) in [4.78, 5) is 17.4. The van der Waals surface area contributed by atoms with Gasteiger partial charge in [-0.1, -0.05) is 18.2 Å². The number of fused-ring (bicyclic) bond motifs is 2. The van der Waals surface area contributed by atoms with Crippen molar-refractivity contribution in [1.82, 2.24) is 30.1 Å². The van der Waals surface area contributed by atoms with Gasteiger partial charge < -0.3 is 4.98 Å². The molecule has 2 N–H and O–H groups in total. The molecule has 0 saturated heterocycles. The van der Waals surface area contributed by atoms with E-state index < -0.39 is 0 Å². The van der Waals surface area contributed by atoms with Crippen LogP contribution in [0.25, 0.3) is 39.3 Å². The summed E-state index contributed by atoms with van der Waals surface area (Å²) in [7, 11) is 0. The lowest BCUT2D eigenvalue weighted by atomic mass is 10.0. The summed E-state index contributed by atoms with van der Waals surface area (Å²) in [6.07, 6.45) is 12.6. The summed E-state index contributed by atoms with van der Waals surface area (Å²) < 4.78 is 0. The number of hydrogen-bond acceptors (Lipinski definition) is 5. The predicted molar refractivity (Wildman–Crippen MR) is 124 cm³/mol. The van der Waals surface area contributed by atoms with Gasteiger partial charge in [0.2, 0.25) is 0 Å². The summed E-state index contributed by atoms with van der Waals surface area (Å²) in [5.74, 6) is 0.757. The maximum Gasteiger partial charge on any atom is 0.159 e. The first-order valence-corrected chi connectivity index (χ1v) is 11.0. The Bertz CT molecular complexity index is 1470. The molecule has 6 nitrogen and oxygen atoms in total. The monoisotopic (exact) mass is 422 g/mol. The van der Waals surface area contributed by atoms with Crippen LogP contribution < -0.4 is 0 Å². The van der Waals surface area contributed by atoms with Crippen LogP contribution in [-0.2, 0) is 6.42 Å². The molecule has 0 saturated carbocycles. The molecular weight excluding hydrogens is 404 g/mol. The van der Waals surface area contributed by atoms with Gasteiger partial charge >= 0.3 is 0 Å². The van der Waals surface area contributed by atoms with E-state index >= 15 is 0 Å². The van der Waals surface area contributed by atoms with E-state index in [0.717, 1.165) is 62.6 Å². The van der Waals surface area contributed by atoms with Crippen molar-refractivity contribution in [3.63, 3.8) is 0 Å². The van der Waals surface area contributed by atoms with E-state index in [9.17, 15) is 0 Å². The van der Waals surface area contributed by atoms with E-state index in [-0.39, 0.29) is 0 Å². The molecule has 6 rings (SSSR count). The number of H-pyrrole nitrogens is 2. The van der Waals surface area contributed by atoms with Gasteiger partial charge in [-0.25, -0.2) is 4.98 Å². The molecule has 5 aromatic rings. The molecule has 0 aromatic carbocycles. The van der Waals surface area contributed by atoms with Crippen molar-refractivity contribution in [1.29, 1.82) is 0 Å². The molecule has 7 heteroatoms. The summed E-state index contributed by atoms with van der Waals surface area (Å²) in [5, 5.41) is 12.9. The highest BCUT2D eigenvalue weighted by Crippen LogP contribution is 2.33. The lowest BCUT2D eigenvalue weighted by molar-refractivity contribution is 1.09. The Balaban J connectivity index is 1.49. The minimum absolute atomic E-state index is 0.757. The summed E-state index contributed by atoms with van der Waals surface area (Å²) in [6.45, 7) is 2.06. The third-order valence-corrected chi connectivity index (χ3v) is 6.26. The largest absolute Gasteiger partial charge is 0.340 e. The van der Waals surface area contributed by atoms with E-state index in [1.807, 2.05) is 18.5 Å². The lowest BCUT2D eigenvalue weighted by Gasteiger charge is -2.04. The van der Waals surface area contributed by atoms with Gasteiger partial charge in [0.1, 0.15) is 5.69 Å². The molecule has 31 heavy (non-hydrogen) atoms. The number of allylic oxidation sites excluding steroid dienone is 3. The molecule has 0 fully saturated rings. The molecule has 0 radical (unpaired) electrons. The Morgan fingerprint density at radius 3 is 2.97 bits per heavy atom. The number of thiophene rings is 1. The zero-order valence-corrected chi connectivity index (χ0v) is 17.6. The van der Waals surface area contributed by atoms with Crippen molar-refractivity contribution >= 4 is 27.8 Å². The molecule has 0 aliphatic heterocycles. The highest BCUT2D eigenvalue weighted by Gasteiger charge is 2.20. The SMILES string of the molecule is Cc1ccncc1-c1cc2c(-c3nc4c([nH]3)CC=CC=C4c3ccsc3)n[nH]c2cn1. The molecule has 0 unspecified atom stereocenters. The number of hydrogen-bond donors (Lipinski definition) is 2. The molecule has 0 bridgehead atoms. The molecule has 5 aromatic heterocycles. The Labute approximate surface area is 182 Å². The van der Waals surface area contributed by atoms with Crippen molar-refractivity contribution in [3.8, 4) is 22.8 Å². The van der Waals surface area contributed by atoms with Gasteiger partial charge in [0.15, 0.2) is 5.82 Å². The highest BCUT2D eigenvalue weighted by atomic mass is 32.1. The van der Waals surface area contributed by atoms with Crippen LogP contribution in [-0.4, -0.2) is 30.1 Å². The van der Waals surface area contributed by atoms with Crippen LogP contribution in [0.15, 0.2) is 65.8 Å². The standard InChI is InChI=1S/C24H18N6S/c1-14-6-8-25-11-18(14)20-10-17-21(12-26-20)29-30-23(17)24-27-19-5-3-2-4-16(22(19)28-24)15-7-9-31-13-15/h2-4,6-13H,5H2,1H3,(H,27,28)(H,29,30). The Morgan fingerprint density at radius 1 is 1.13 bits per heavy atom. The topological polar surface area (TPSA) is 83.1 Å². The van der Waals surface area contributed by atoms with E-state index in [4.69, 9.17) is 4.98 Å². The molecule has 1 aliphatic rings. The van der Waals surface area contributed by atoms with Crippen molar-refractivity contribution in [2.45, 2.75) is 13.3 Å². The number of aryl methyl sites for hydroxylation is 1. The number of aromatic amines is 2. The molecule has 1 aliphatic carbocycles. The minimum Gasteiger partial charge on any atom is -0.340 e. The second-order valence-electron chi connectivity index (χ2n) is 7.52. The van der Waals surface area contributed by atoms with Gasteiger partial charge in [0.25, 0.3) is 0 Å². The van der Waals surface area contributed by atoms with Crippen molar-refractivity contribution in [2.24, 2.45) is 0 Å². The normalized spacial score (nSPS) is 13.3. The fourth-order valence-corrected chi connectivity index (χ4v) is 4.60. The highest BCUT2D eigenvalue weighted by molar-refractivity contribution is 7.08. The van der Waals surface area contributed by atoms with Gasteiger partial charge in [-0.2, -0.15) is 16.4 Å². The third kappa shape index (κ3) is 3.02. The van der Waals surface area contributed by atoms with Crippen molar-refractivity contribution < 1.29 is 0 Å². The molecule has 0 atom stereocenters. The smallest absolute Gasteiger partial charge is 0.159 e. The van der Waals surface area contributed by atoms with Crippen molar-refractivity contribution in [2.75, 3.05) is 0 Å². The van der Waals surface area contributed by atoms with Crippen LogP contribution in [0.3, 0.4) is 0 Å². The fourth-order valence-electron chi connectivity index (χ4n) is 3.95. The minimum atomic E-state index is 0.757. The van der Waals surface area contributed by atoms with Crippen LogP contribution in [0.1, 0.15) is 22.5 Å². The van der Waals surface area contributed by atoms with E-state index in [2.05, 4.69) is 73.2 Å². The van der Waals surface area contributed by atoms with Crippen LogP contribution >= 0.6 is 11.3 Å². The zero-order chi connectivity index (χ0) is 20.8. The average Bonchev–Trinajstić information content (AvgIpc) is 3.52. The fraction of sp³-hybridized carbons (Fsp3) is 0.0833. The number of rotatable bonds is 3. The van der Waals surface area contributed by atoms with Gasteiger partial charge in [-0.05, 0) is 47.0 Å². The second kappa shape index (κ2) is 7.14. The quantitative estimate of drug-likeness (QED) is 0.412. The number of pyridine rings is 2. The van der Waals surface area contributed by atoms with Gasteiger partial charge in [-0.3, -0.25) is 15.1 Å². The van der Waals surface area contributed by atoms with Gasteiger partial charge in [-0.15, -0.1) is 0 Å². The number of aromatic nitrogens is 6. The Morgan fingerprint density at radius 2 is 2.10 bits per heavy atom. The molecule has 0 spiro atoms. The first-order chi connectivity index (χ1) is 15.3. The Kier molecular flexibility index (Phi) is 4.14. The van der Waals surface area contributed by atoms with E-state index in [1.54, 1.807) is 17.5 Å². The Hall–Kier alpha value is -3.84. The van der Waals surface area contributed by atoms with Crippen LogP contribution in [0.5, 0.6) is 0 Å². The maximum absolute atomic E-state index is 4.99. The molecule has 5 heterocycles. The van der Waals surface area contributed by atoms with E-state index in [0.29, 0.717) is 0 Å². The van der Waals surface area contributed by atoms with Gasteiger partial charge in [0.05, 0.1) is 23.1 Å².